The maximum atomic E-state index is 12.8. The fourth-order valence-electron chi connectivity index (χ4n) is 4.10. The third kappa shape index (κ3) is 2.90. The zero-order valence-electron chi connectivity index (χ0n) is 16.2. The van der Waals surface area contributed by atoms with Gasteiger partial charge in [0.15, 0.2) is 0 Å². The minimum absolute atomic E-state index is 0.0442. The number of nitrogens with zero attached hydrogens (tertiary/aromatic N) is 1. The van der Waals surface area contributed by atoms with Crippen LogP contribution in [0.15, 0.2) is 18.2 Å². The summed E-state index contributed by atoms with van der Waals surface area (Å²) in [6.45, 7) is 5.97. The van der Waals surface area contributed by atoms with E-state index in [9.17, 15) is 19.5 Å². The van der Waals surface area contributed by atoms with Gasteiger partial charge in [-0.2, -0.15) is 0 Å². The van der Waals surface area contributed by atoms with Gasteiger partial charge in [-0.3, -0.25) is 9.59 Å². The van der Waals surface area contributed by atoms with Crippen LogP contribution in [0.2, 0.25) is 0 Å². The Kier molecular flexibility index (Phi) is 4.76. The van der Waals surface area contributed by atoms with Crippen LogP contribution in [-0.4, -0.2) is 48.2 Å². The van der Waals surface area contributed by atoms with Gasteiger partial charge in [0.25, 0.3) is 5.91 Å². The molecule has 2 aliphatic rings. The number of aliphatic carboxylic acids is 1. The summed E-state index contributed by atoms with van der Waals surface area (Å²) >= 11 is 0. The first kappa shape index (κ1) is 19.4. The Morgan fingerprint density at radius 2 is 2.04 bits per heavy atom. The Morgan fingerprint density at radius 1 is 1.33 bits per heavy atom. The van der Waals surface area contributed by atoms with Crippen LogP contribution < -0.4 is 10.2 Å². The van der Waals surface area contributed by atoms with Gasteiger partial charge < -0.3 is 20.1 Å². The molecule has 2 unspecified atom stereocenters. The maximum Gasteiger partial charge on any atom is 0.330 e. The molecule has 7 heteroatoms. The van der Waals surface area contributed by atoms with Crippen LogP contribution in [0.5, 0.6) is 0 Å². The summed E-state index contributed by atoms with van der Waals surface area (Å²) in [7, 11) is 1.71. The molecule has 7 nitrogen and oxygen atoms in total. The first-order chi connectivity index (χ1) is 12.6. The van der Waals surface area contributed by atoms with E-state index in [2.05, 4.69) is 5.32 Å². The standard InChI is InChI=1S/C20H26N2O5/c1-5-27-15-11-20(18(25)26,19(15,2)3)21-17(24)13-6-8-14-12(10-13)7-9-16(23)22(14)4/h6,8,10,15H,5,7,9,11H2,1-4H3,(H,21,24)(H,25,26). The number of fused-ring (bicyclic) bond motifs is 1. The first-order valence-electron chi connectivity index (χ1n) is 9.21. The number of carbonyl (C=O) groups excluding carboxylic acids is 2. The Balaban J connectivity index is 1.84. The molecule has 1 heterocycles. The molecule has 1 aromatic carbocycles. The van der Waals surface area contributed by atoms with Gasteiger partial charge >= 0.3 is 5.97 Å². The molecule has 146 valence electrons. The number of ether oxygens (including phenoxy) is 1. The van der Waals surface area contributed by atoms with Crippen LogP contribution in [0, 0.1) is 5.41 Å². The highest BCUT2D eigenvalue weighted by Crippen LogP contribution is 2.51. The van der Waals surface area contributed by atoms with Crippen molar-refractivity contribution in [3.05, 3.63) is 29.3 Å². The van der Waals surface area contributed by atoms with E-state index in [4.69, 9.17) is 4.74 Å². The van der Waals surface area contributed by atoms with Crippen molar-refractivity contribution in [1.29, 1.82) is 0 Å². The molecular formula is C20H26N2O5. The van der Waals surface area contributed by atoms with Crippen LogP contribution in [0.25, 0.3) is 0 Å². The summed E-state index contributed by atoms with van der Waals surface area (Å²) in [6, 6.07) is 5.11. The Morgan fingerprint density at radius 3 is 2.63 bits per heavy atom. The van der Waals surface area contributed by atoms with Gasteiger partial charge in [0.05, 0.1) is 6.10 Å². The molecule has 0 aromatic heterocycles. The largest absolute Gasteiger partial charge is 0.479 e. The molecule has 1 fully saturated rings. The normalized spacial score (nSPS) is 26.1. The molecule has 2 N–H and O–H groups in total. The van der Waals surface area contributed by atoms with E-state index >= 15 is 0 Å². The number of carboxylic acids is 1. The summed E-state index contributed by atoms with van der Waals surface area (Å²) in [5.41, 5.74) is -0.00381. The minimum Gasteiger partial charge on any atom is -0.479 e. The SMILES string of the molecule is CCOC1CC(NC(=O)c2ccc3c(c2)CCC(=O)N3C)(C(=O)O)C1(C)C. The van der Waals surface area contributed by atoms with Crippen molar-refractivity contribution in [2.45, 2.75) is 51.7 Å². The number of carboxylic acid groups (broad SMARTS) is 1. The number of amides is 2. The smallest absolute Gasteiger partial charge is 0.330 e. The quantitative estimate of drug-likeness (QED) is 0.822. The average molecular weight is 374 g/mol. The molecule has 0 spiro atoms. The fourth-order valence-corrected chi connectivity index (χ4v) is 4.10. The number of aryl methyl sites for hydroxylation is 1. The lowest BCUT2D eigenvalue weighted by molar-refractivity contribution is -0.190. The number of hydrogen-bond donors (Lipinski definition) is 2. The number of nitrogens with one attached hydrogen (secondary N) is 1. The van der Waals surface area contributed by atoms with E-state index in [0.29, 0.717) is 25.0 Å². The van der Waals surface area contributed by atoms with Gasteiger partial charge in [-0.1, -0.05) is 13.8 Å². The van der Waals surface area contributed by atoms with E-state index in [-0.39, 0.29) is 18.4 Å². The predicted molar refractivity (Wildman–Crippen MR) is 99.8 cm³/mol. The average Bonchev–Trinajstić information content (AvgIpc) is 2.63. The highest BCUT2D eigenvalue weighted by atomic mass is 16.5. The summed E-state index contributed by atoms with van der Waals surface area (Å²) < 4.78 is 5.63. The monoisotopic (exact) mass is 374 g/mol. The van der Waals surface area contributed by atoms with Crippen molar-refractivity contribution >= 4 is 23.5 Å². The number of benzene rings is 1. The van der Waals surface area contributed by atoms with Crippen LogP contribution in [0.3, 0.4) is 0 Å². The van der Waals surface area contributed by atoms with Crippen molar-refractivity contribution in [1.82, 2.24) is 5.32 Å². The van der Waals surface area contributed by atoms with Crippen molar-refractivity contribution in [2.75, 3.05) is 18.6 Å². The van der Waals surface area contributed by atoms with Gasteiger partial charge in [-0.05, 0) is 37.1 Å². The summed E-state index contributed by atoms with van der Waals surface area (Å²) in [4.78, 5) is 38.3. The lowest BCUT2D eigenvalue weighted by Crippen LogP contribution is -2.76. The minimum atomic E-state index is -1.37. The summed E-state index contributed by atoms with van der Waals surface area (Å²) in [6.07, 6.45) is 0.983. The zero-order valence-corrected chi connectivity index (χ0v) is 16.2. The molecule has 1 aromatic rings. The Bertz CT molecular complexity index is 804. The highest BCUT2D eigenvalue weighted by Gasteiger charge is 2.66. The third-order valence-electron chi connectivity index (χ3n) is 6.14. The van der Waals surface area contributed by atoms with Crippen LogP contribution in [0.1, 0.15) is 49.5 Å². The van der Waals surface area contributed by atoms with E-state index in [1.54, 1.807) is 44.0 Å². The first-order valence-corrected chi connectivity index (χ1v) is 9.21. The maximum absolute atomic E-state index is 12.8. The van der Waals surface area contributed by atoms with Gasteiger partial charge in [-0.25, -0.2) is 4.79 Å². The van der Waals surface area contributed by atoms with Crippen molar-refractivity contribution in [3.63, 3.8) is 0 Å². The van der Waals surface area contributed by atoms with E-state index in [0.717, 1.165) is 11.3 Å². The van der Waals surface area contributed by atoms with Crippen LogP contribution in [-0.2, 0) is 20.7 Å². The van der Waals surface area contributed by atoms with Gasteiger partial charge in [0.2, 0.25) is 5.91 Å². The van der Waals surface area contributed by atoms with E-state index in [1.165, 1.54) is 0 Å². The van der Waals surface area contributed by atoms with E-state index in [1.807, 2.05) is 6.92 Å². The number of carbonyl (C=O) groups is 3. The van der Waals surface area contributed by atoms with Crippen molar-refractivity contribution in [3.8, 4) is 0 Å². The Hall–Kier alpha value is -2.41. The highest BCUT2D eigenvalue weighted by molar-refractivity contribution is 6.01. The molecule has 27 heavy (non-hydrogen) atoms. The second-order valence-corrected chi connectivity index (χ2v) is 7.83. The topological polar surface area (TPSA) is 95.9 Å². The predicted octanol–water partition coefficient (Wildman–Crippen LogP) is 1.98. The Labute approximate surface area is 158 Å². The molecule has 2 atom stereocenters. The number of rotatable bonds is 5. The molecule has 1 aliphatic heterocycles. The number of anilines is 1. The van der Waals surface area contributed by atoms with Gasteiger partial charge in [-0.15, -0.1) is 0 Å². The summed E-state index contributed by atoms with van der Waals surface area (Å²) in [5.74, 6) is -1.44. The second kappa shape index (κ2) is 6.64. The molecule has 0 saturated heterocycles. The van der Waals surface area contributed by atoms with Crippen LogP contribution in [0.4, 0.5) is 5.69 Å². The lowest BCUT2D eigenvalue weighted by atomic mass is 9.54. The molecule has 3 rings (SSSR count). The molecule has 2 amide bonds. The fraction of sp³-hybridized carbons (Fsp3) is 0.550. The van der Waals surface area contributed by atoms with Gasteiger partial charge in [0, 0.05) is 43.2 Å². The van der Waals surface area contributed by atoms with Crippen molar-refractivity contribution < 1.29 is 24.2 Å². The van der Waals surface area contributed by atoms with Crippen LogP contribution >= 0.6 is 0 Å². The van der Waals surface area contributed by atoms with E-state index < -0.39 is 22.8 Å². The molecule has 0 radical (unpaired) electrons. The lowest BCUT2D eigenvalue weighted by Gasteiger charge is -2.58. The molecule has 1 aliphatic carbocycles. The molecular weight excluding hydrogens is 348 g/mol. The molecule has 0 bridgehead atoms. The second-order valence-electron chi connectivity index (χ2n) is 7.83. The summed E-state index contributed by atoms with van der Waals surface area (Å²) in [5, 5.41) is 12.6. The zero-order chi connectivity index (χ0) is 20.0. The molecule has 1 saturated carbocycles. The third-order valence-corrected chi connectivity index (χ3v) is 6.14. The van der Waals surface area contributed by atoms with Gasteiger partial charge in [0.1, 0.15) is 5.54 Å². The van der Waals surface area contributed by atoms with Crippen molar-refractivity contribution in [2.24, 2.45) is 5.41 Å². The number of hydrogen-bond acceptors (Lipinski definition) is 4.